The maximum Gasteiger partial charge on any atom is 0.222 e. The summed E-state index contributed by atoms with van der Waals surface area (Å²) in [5, 5.41) is 12.5. The standard InChI is InChI=1S/C33H60N2O8/c1-5-14-28-21-30(38)23-35(28)32(40)16-13-11-9-7-6-8-10-12-15-29(37)22-33(24-41-4,25-42-19-17-27(2)36)26-43-20-18-31(39)34-3/h28,30,38H,5-26H2,1-4H3,(H,34,39)/t28?,30-,33?/m1/s1. The molecule has 0 aromatic heterocycles. The van der Waals surface area contributed by atoms with E-state index in [1.54, 1.807) is 14.2 Å². The molecule has 10 nitrogen and oxygen atoms in total. The average molecular weight is 613 g/mol. The molecule has 1 rings (SSSR count). The molecule has 0 aromatic carbocycles. The van der Waals surface area contributed by atoms with Crippen molar-refractivity contribution < 1.29 is 38.5 Å². The lowest BCUT2D eigenvalue weighted by Gasteiger charge is -2.32. The molecule has 250 valence electrons. The van der Waals surface area contributed by atoms with Crippen molar-refractivity contribution in [3.63, 3.8) is 0 Å². The van der Waals surface area contributed by atoms with Crippen molar-refractivity contribution in [2.75, 3.05) is 53.7 Å². The number of nitrogens with one attached hydrogen (secondary N) is 1. The molecule has 1 heterocycles. The van der Waals surface area contributed by atoms with Gasteiger partial charge in [0.25, 0.3) is 0 Å². The predicted molar refractivity (Wildman–Crippen MR) is 167 cm³/mol. The zero-order chi connectivity index (χ0) is 31.9. The van der Waals surface area contributed by atoms with Gasteiger partial charge in [-0.25, -0.2) is 0 Å². The highest BCUT2D eigenvalue weighted by Crippen LogP contribution is 2.27. The Bertz CT molecular complexity index is 808. The van der Waals surface area contributed by atoms with E-state index in [0.29, 0.717) is 32.2 Å². The lowest BCUT2D eigenvalue weighted by Crippen LogP contribution is -2.39. The van der Waals surface area contributed by atoms with E-state index >= 15 is 0 Å². The molecule has 43 heavy (non-hydrogen) atoms. The van der Waals surface area contributed by atoms with Crippen LogP contribution >= 0.6 is 0 Å². The molecular formula is C33H60N2O8. The minimum Gasteiger partial charge on any atom is -0.391 e. The maximum absolute atomic E-state index is 13.0. The van der Waals surface area contributed by atoms with E-state index in [1.165, 1.54) is 6.92 Å². The zero-order valence-electron chi connectivity index (χ0n) is 27.5. The third kappa shape index (κ3) is 17.9. The Balaban J connectivity index is 2.31. The van der Waals surface area contributed by atoms with Gasteiger partial charge in [0.1, 0.15) is 11.6 Å². The molecule has 10 heteroatoms. The number of rotatable bonds is 27. The van der Waals surface area contributed by atoms with Gasteiger partial charge in [-0.1, -0.05) is 51.9 Å². The van der Waals surface area contributed by atoms with Gasteiger partial charge in [-0.3, -0.25) is 19.2 Å². The number of carbonyl (C=O) groups is 4. The van der Waals surface area contributed by atoms with Crippen molar-refractivity contribution in [2.24, 2.45) is 5.41 Å². The van der Waals surface area contributed by atoms with Crippen LogP contribution in [0.5, 0.6) is 0 Å². The molecule has 2 unspecified atom stereocenters. The first-order valence-electron chi connectivity index (χ1n) is 16.5. The van der Waals surface area contributed by atoms with E-state index in [4.69, 9.17) is 14.2 Å². The number of Topliss-reactive ketones (excluding diaryl/α,β-unsaturated/α-hetero) is 2. The Kier molecular flexibility index (Phi) is 21.4. The van der Waals surface area contributed by atoms with Crippen LogP contribution in [-0.4, -0.2) is 99.3 Å². The van der Waals surface area contributed by atoms with Crippen LogP contribution in [0.4, 0.5) is 0 Å². The maximum atomic E-state index is 13.0. The van der Waals surface area contributed by atoms with Gasteiger partial charge in [-0.15, -0.1) is 0 Å². The van der Waals surface area contributed by atoms with Crippen molar-refractivity contribution >= 4 is 23.4 Å². The first kappa shape index (κ1) is 39.1. The van der Waals surface area contributed by atoms with E-state index < -0.39 is 5.41 Å². The number of ketones is 2. The summed E-state index contributed by atoms with van der Waals surface area (Å²) >= 11 is 0. The Labute approximate surface area is 260 Å². The number of carbonyl (C=O) groups excluding carboxylic acids is 4. The Morgan fingerprint density at radius 2 is 1.44 bits per heavy atom. The summed E-state index contributed by atoms with van der Waals surface area (Å²) in [6.45, 7) is 5.40. The largest absolute Gasteiger partial charge is 0.391 e. The number of amides is 2. The lowest BCUT2D eigenvalue weighted by molar-refractivity contribution is -0.132. The van der Waals surface area contributed by atoms with Crippen LogP contribution in [0.2, 0.25) is 0 Å². The summed E-state index contributed by atoms with van der Waals surface area (Å²) in [5.41, 5.74) is -0.668. The summed E-state index contributed by atoms with van der Waals surface area (Å²) in [6.07, 6.45) is 12.4. The van der Waals surface area contributed by atoms with Gasteiger partial charge in [-0.05, 0) is 32.6 Å². The second kappa shape index (κ2) is 23.5. The van der Waals surface area contributed by atoms with Crippen LogP contribution in [0.3, 0.4) is 0 Å². The van der Waals surface area contributed by atoms with Crippen LogP contribution in [0, 0.1) is 5.41 Å². The smallest absolute Gasteiger partial charge is 0.222 e. The number of ether oxygens (including phenoxy) is 3. The average Bonchev–Trinajstić information content (AvgIpc) is 3.34. The van der Waals surface area contributed by atoms with E-state index in [2.05, 4.69) is 12.2 Å². The van der Waals surface area contributed by atoms with Crippen LogP contribution in [0.15, 0.2) is 0 Å². The van der Waals surface area contributed by atoms with Gasteiger partial charge in [0, 0.05) is 64.3 Å². The SMILES string of the molecule is CCCC1C[C@@H](O)CN1C(=O)CCCCCCCCCCC(=O)CC(COC)(COCCC(C)=O)COCCC(=O)NC. The number of methoxy groups -OCH3 is 1. The van der Waals surface area contributed by atoms with Crippen molar-refractivity contribution in [1.29, 1.82) is 0 Å². The molecule has 3 atom stereocenters. The molecular weight excluding hydrogens is 552 g/mol. The van der Waals surface area contributed by atoms with Gasteiger partial charge < -0.3 is 29.5 Å². The Morgan fingerprint density at radius 3 is 2.00 bits per heavy atom. The first-order chi connectivity index (χ1) is 20.7. The first-order valence-corrected chi connectivity index (χ1v) is 16.5. The Hall–Kier alpha value is -1.88. The summed E-state index contributed by atoms with van der Waals surface area (Å²) in [5.74, 6) is 0.261. The van der Waals surface area contributed by atoms with Crippen molar-refractivity contribution in [1.82, 2.24) is 10.2 Å². The molecule has 1 aliphatic rings. The number of hydrogen-bond acceptors (Lipinski definition) is 8. The minimum atomic E-state index is -0.668. The predicted octanol–water partition coefficient (Wildman–Crippen LogP) is 4.39. The van der Waals surface area contributed by atoms with E-state index in [0.717, 1.165) is 64.2 Å². The Morgan fingerprint density at radius 1 is 0.860 bits per heavy atom. The van der Waals surface area contributed by atoms with Crippen molar-refractivity contribution in [3.05, 3.63) is 0 Å². The summed E-state index contributed by atoms with van der Waals surface area (Å²) in [7, 11) is 3.16. The molecule has 2 N–H and O–H groups in total. The second-order valence-corrected chi connectivity index (χ2v) is 12.3. The lowest BCUT2D eigenvalue weighted by atomic mass is 9.84. The van der Waals surface area contributed by atoms with Gasteiger partial charge >= 0.3 is 0 Å². The fraction of sp³-hybridized carbons (Fsp3) is 0.879. The van der Waals surface area contributed by atoms with E-state index in [9.17, 15) is 24.3 Å². The summed E-state index contributed by atoms with van der Waals surface area (Å²) in [4.78, 5) is 50.3. The fourth-order valence-corrected chi connectivity index (χ4v) is 5.78. The number of aliphatic hydroxyl groups is 1. The quantitative estimate of drug-likeness (QED) is 0.131. The normalized spacial score (nSPS) is 18.0. The highest BCUT2D eigenvalue weighted by Gasteiger charge is 2.34. The van der Waals surface area contributed by atoms with Gasteiger partial charge in [-0.2, -0.15) is 0 Å². The number of nitrogens with zero attached hydrogens (tertiary/aromatic N) is 1. The van der Waals surface area contributed by atoms with Crippen LogP contribution in [0.25, 0.3) is 0 Å². The molecule has 0 bridgehead atoms. The molecule has 0 aliphatic carbocycles. The van der Waals surface area contributed by atoms with Gasteiger partial charge in [0.05, 0.1) is 39.1 Å². The topological polar surface area (TPSA) is 131 Å². The van der Waals surface area contributed by atoms with Gasteiger partial charge in [0.15, 0.2) is 0 Å². The zero-order valence-corrected chi connectivity index (χ0v) is 27.5. The minimum absolute atomic E-state index is 0.0462. The number of likely N-dealkylation sites (tertiary alicyclic amines) is 1. The number of unbranched alkanes of at least 4 members (excludes halogenated alkanes) is 7. The summed E-state index contributed by atoms with van der Waals surface area (Å²) < 4.78 is 17.0. The molecule has 0 spiro atoms. The number of aliphatic hydroxyl groups excluding tert-OH is 1. The number of β-amino-alcohol motifs (C(OH)–C–C–N with tert-alkyl or cyclic N) is 1. The highest BCUT2D eigenvalue weighted by atomic mass is 16.5. The molecule has 1 aliphatic heterocycles. The van der Waals surface area contributed by atoms with E-state index in [-0.39, 0.29) is 81.4 Å². The third-order valence-corrected chi connectivity index (χ3v) is 8.12. The van der Waals surface area contributed by atoms with Crippen LogP contribution in [-0.2, 0) is 33.4 Å². The molecule has 1 fully saturated rings. The second-order valence-electron chi connectivity index (χ2n) is 12.3. The molecule has 0 aromatic rings. The molecule has 0 saturated carbocycles. The van der Waals surface area contributed by atoms with Crippen LogP contribution in [0.1, 0.15) is 117 Å². The third-order valence-electron chi connectivity index (χ3n) is 8.12. The van der Waals surface area contributed by atoms with Gasteiger partial charge in [0.2, 0.25) is 11.8 Å². The summed E-state index contributed by atoms with van der Waals surface area (Å²) in [6, 6.07) is 0.204. The van der Waals surface area contributed by atoms with E-state index in [1.807, 2.05) is 4.90 Å². The molecule has 2 amide bonds. The van der Waals surface area contributed by atoms with Crippen molar-refractivity contribution in [2.45, 2.75) is 129 Å². The number of hydrogen-bond donors (Lipinski definition) is 2. The monoisotopic (exact) mass is 612 g/mol. The fourth-order valence-electron chi connectivity index (χ4n) is 5.78. The molecule has 1 saturated heterocycles. The van der Waals surface area contributed by atoms with Crippen molar-refractivity contribution in [3.8, 4) is 0 Å². The molecule has 0 radical (unpaired) electrons. The van der Waals surface area contributed by atoms with Crippen LogP contribution < -0.4 is 5.32 Å². The highest BCUT2D eigenvalue weighted by molar-refractivity contribution is 5.79.